The molecule has 0 saturated heterocycles. The van der Waals surface area contributed by atoms with Gasteiger partial charge in [-0.15, -0.1) is 0 Å². The maximum Gasteiger partial charge on any atom is 0.331 e. The molecule has 0 radical (unpaired) electrons. The minimum atomic E-state index is -0.346. The summed E-state index contributed by atoms with van der Waals surface area (Å²) in [5.74, 6) is 0. The Hall–Kier alpha value is -1.83. The highest BCUT2D eigenvalue weighted by Gasteiger charge is 2.10. The summed E-state index contributed by atoms with van der Waals surface area (Å²) >= 11 is 0. The maximum atomic E-state index is 11.9. The van der Waals surface area contributed by atoms with E-state index in [4.69, 9.17) is 5.26 Å². The molecule has 1 rings (SSSR count). The van der Waals surface area contributed by atoms with Crippen molar-refractivity contribution in [3.63, 3.8) is 0 Å². The third kappa shape index (κ3) is 2.22. The Balaban J connectivity index is 3.42. The summed E-state index contributed by atoms with van der Waals surface area (Å²) in [4.78, 5) is 23.6. The lowest BCUT2D eigenvalue weighted by atomic mass is 10.3. The monoisotopic (exact) mass is 221 g/mol. The molecular formula is C11H15N3O2. The van der Waals surface area contributed by atoms with Gasteiger partial charge in [0.15, 0.2) is 0 Å². The molecule has 1 aromatic rings. The molecule has 1 aromatic heterocycles. The van der Waals surface area contributed by atoms with Gasteiger partial charge in [0.25, 0.3) is 5.56 Å². The first-order valence-corrected chi connectivity index (χ1v) is 5.18. The molecule has 86 valence electrons. The van der Waals surface area contributed by atoms with E-state index in [-0.39, 0.29) is 30.3 Å². The van der Waals surface area contributed by atoms with E-state index in [0.29, 0.717) is 5.56 Å². The molecule has 1 heterocycles. The molecule has 0 aliphatic heterocycles. The highest BCUT2D eigenvalue weighted by molar-refractivity contribution is 5.03. The zero-order valence-electron chi connectivity index (χ0n) is 9.73. The summed E-state index contributed by atoms with van der Waals surface area (Å²) in [6, 6.07) is 1.93. The van der Waals surface area contributed by atoms with Gasteiger partial charge in [-0.05, 0) is 20.8 Å². The van der Waals surface area contributed by atoms with Crippen LogP contribution in [0.25, 0.3) is 0 Å². The van der Waals surface area contributed by atoms with Crippen molar-refractivity contribution in [3.8, 4) is 6.07 Å². The Labute approximate surface area is 93.6 Å². The van der Waals surface area contributed by atoms with Gasteiger partial charge < -0.3 is 0 Å². The van der Waals surface area contributed by atoms with Crippen LogP contribution in [-0.2, 0) is 6.54 Å². The van der Waals surface area contributed by atoms with E-state index in [1.165, 1.54) is 4.57 Å². The van der Waals surface area contributed by atoms with Crippen LogP contribution in [0.5, 0.6) is 0 Å². The predicted molar refractivity (Wildman–Crippen MR) is 60.3 cm³/mol. The van der Waals surface area contributed by atoms with Crippen molar-refractivity contribution < 1.29 is 0 Å². The Kier molecular flexibility index (Phi) is 3.67. The molecule has 0 fully saturated rings. The summed E-state index contributed by atoms with van der Waals surface area (Å²) in [6.45, 7) is 5.58. The number of aromatic nitrogens is 2. The van der Waals surface area contributed by atoms with Crippen molar-refractivity contribution in [2.45, 2.75) is 39.8 Å². The van der Waals surface area contributed by atoms with Gasteiger partial charge >= 0.3 is 5.69 Å². The molecule has 0 saturated carbocycles. The van der Waals surface area contributed by atoms with Crippen LogP contribution in [0.2, 0.25) is 0 Å². The van der Waals surface area contributed by atoms with E-state index in [2.05, 4.69) is 0 Å². The molecular weight excluding hydrogens is 206 g/mol. The van der Waals surface area contributed by atoms with Gasteiger partial charge in [-0.1, -0.05) is 0 Å². The van der Waals surface area contributed by atoms with Crippen molar-refractivity contribution in [1.29, 1.82) is 5.26 Å². The molecule has 0 atom stereocenters. The van der Waals surface area contributed by atoms with Crippen LogP contribution in [0.3, 0.4) is 0 Å². The Morgan fingerprint density at radius 1 is 1.44 bits per heavy atom. The molecule has 0 aliphatic carbocycles. The second-order valence-corrected chi connectivity index (χ2v) is 3.96. The van der Waals surface area contributed by atoms with Crippen LogP contribution < -0.4 is 11.2 Å². The van der Waals surface area contributed by atoms with Crippen LogP contribution >= 0.6 is 0 Å². The van der Waals surface area contributed by atoms with Crippen LogP contribution in [0, 0.1) is 18.3 Å². The zero-order chi connectivity index (χ0) is 12.3. The van der Waals surface area contributed by atoms with Gasteiger partial charge in [-0.2, -0.15) is 5.26 Å². The average molecular weight is 221 g/mol. The molecule has 5 nitrogen and oxygen atoms in total. The van der Waals surface area contributed by atoms with Crippen molar-refractivity contribution in [2.75, 3.05) is 0 Å². The SMILES string of the molecule is Cc1cn(C(C)C)c(=O)n(CCC#N)c1=O. The van der Waals surface area contributed by atoms with Crippen LogP contribution in [0.1, 0.15) is 31.9 Å². The van der Waals surface area contributed by atoms with E-state index in [1.807, 2.05) is 19.9 Å². The van der Waals surface area contributed by atoms with E-state index >= 15 is 0 Å². The van der Waals surface area contributed by atoms with Crippen LogP contribution in [0.4, 0.5) is 0 Å². The molecule has 0 aromatic carbocycles. The molecule has 0 spiro atoms. The first kappa shape index (κ1) is 12.2. The van der Waals surface area contributed by atoms with Gasteiger partial charge in [0, 0.05) is 24.3 Å². The Bertz CT molecular complexity index is 532. The lowest BCUT2D eigenvalue weighted by molar-refractivity contribution is 0.505. The van der Waals surface area contributed by atoms with Gasteiger partial charge in [-0.25, -0.2) is 4.79 Å². The summed E-state index contributed by atoms with van der Waals surface area (Å²) in [5.41, 5.74) is -0.135. The van der Waals surface area contributed by atoms with Gasteiger partial charge in [-0.3, -0.25) is 13.9 Å². The van der Waals surface area contributed by atoms with Gasteiger partial charge in [0.2, 0.25) is 0 Å². The van der Waals surface area contributed by atoms with Crippen molar-refractivity contribution in [2.24, 2.45) is 0 Å². The molecule has 0 bridgehead atoms. The minimum absolute atomic E-state index is 0.000126. The number of rotatable bonds is 3. The smallest absolute Gasteiger partial charge is 0.298 e. The second-order valence-electron chi connectivity index (χ2n) is 3.96. The fourth-order valence-corrected chi connectivity index (χ4v) is 1.49. The summed E-state index contributed by atoms with van der Waals surface area (Å²) in [7, 11) is 0. The first-order chi connectivity index (χ1) is 7.49. The average Bonchev–Trinajstić information content (AvgIpc) is 2.23. The Morgan fingerprint density at radius 2 is 2.06 bits per heavy atom. The number of aryl methyl sites for hydroxylation is 1. The van der Waals surface area contributed by atoms with E-state index in [9.17, 15) is 9.59 Å². The van der Waals surface area contributed by atoms with Gasteiger partial charge in [0.05, 0.1) is 12.5 Å². The predicted octanol–water partition coefficient (Wildman–Crippen LogP) is 0.813. The largest absolute Gasteiger partial charge is 0.331 e. The highest BCUT2D eigenvalue weighted by Crippen LogP contribution is 1.99. The van der Waals surface area contributed by atoms with E-state index < -0.39 is 0 Å². The van der Waals surface area contributed by atoms with Crippen molar-refractivity contribution in [1.82, 2.24) is 9.13 Å². The number of nitriles is 1. The maximum absolute atomic E-state index is 11.9. The summed E-state index contributed by atoms with van der Waals surface area (Å²) < 4.78 is 2.63. The zero-order valence-corrected chi connectivity index (χ0v) is 9.73. The van der Waals surface area contributed by atoms with Crippen molar-refractivity contribution in [3.05, 3.63) is 32.6 Å². The topological polar surface area (TPSA) is 67.8 Å². The van der Waals surface area contributed by atoms with Crippen LogP contribution in [-0.4, -0.2) is 9.13 Å². The summed E-state index contributed by atoms with van der Waals surface area (Å²) in [5, 5.41) is 8.48. The second kappa shape index (κ2) is 4.79. The third-order valence-corrected chi connectivity index (χ3v) is 2.37. The third-order valence-electron chi connectivity index (χ3n) is 2.37. The lowest BCUT2D eigenvalue weighted by Crippen LogP contribution is -2.41. The van der Waals surface area contributed by atoms with E-state index in [0.717, 1.165) is 4.57 Å². The molecule has 0 unspecified atom stereocenters. The molecule has 0 aliphatic rings. The number of hydrogen-bond donors (Lipinski definition) is 0. The standard InChI is InChI=1S/C11H15N3O2/c1-8(2)14-7-9(3)10(15)13(11(14)16)6-4-5-12/h7-8H,4,6H2,1-3H3. The first-order valence-electron chi connectivity index (χ1n) is 5.18. The molecule has 0 N–H and O–H groups in total. The Morgan fingerprint density at radius 3 is 2.56 bits per heavy atom. The van der Waals surface area contributed by atoms with Crippen LogP contribution in [0.15, 0.2) is 15.8 Å². The molecule has 5 heteroatoms. The fourth-order valence-electron chi connectivity index (χ4n) is 1.49. The lowest BCUT2D eigenvalue weighted by Gasteiger charge is -2.13. The fraction of sp³-hybridized carbons (Fsp3) is 0.545. The summed E-state index contributed by atoms with van der Waals surface area (Å²) in [6.07, 6.45) is 1.73. The van der Waals surface area contributed by atoms with E-state index in [1.54, 1.807) is 13.1 Å². The molecule has 0 amide bonds. The normalized spacial score (nSPS) is 10.4. The van der Waals surface area contributed by atoms with Gasteiger partial charge in [0.1, 0.15) is 0 Å². The molecule has 16 heavy (non-hydrogen) atoms. The highest BCUT2D eigenvalue weighted by atomic mass is 16.2. The number of nitrogens with zero attached hydrogens (tertiary/aromatic N) is 3. The number of hydrogen-bond acceptors (Lipinski definition) is 3. The van der Waals surface area contributed by atoms with Crippen molar-refractivity contribution >= 4 is 0 Å². The quantitative estimate of drug-likeness (QED) is 0.758. The minimum Gasteiger partial charge on any atom is -0.298 e.